The Hall–Kier alpha value is -1.43. The Morgan fingerprint density at radius 2 is 1.81 bits per heavy atom. The summed E-state index contributed by atoms with van der Waals surface area (Å²) in [5, 5.41) is 0. The number of ether oxygens (including phenoxy) is 1. The van der Waals surface area contributed by atoms with E-state index in [1.165, 1.54) is 52.7 Å². The van der Waals surface area contributed by atoms with Gasteiger partial charge in [0.1, 0.15) is 0 Å². The minimum absolute atomic E-state index is 0. The van der Waals surface area contributed by atoms with Gasteiger partial charge in [-0.3, -0.25) is 0 Å². The highest BCUT2D eigenvalue weighted by molar-refractivity contribution is 7.99. The van der Waals surface area contributed by atoms with Crippen molar-refractivity contribution in [1.82, 2.24) is 4.90 Å². The first-order valence-electron chi connectivity index (χ1n) is 9.83. The van der Waals surface area contributed by atoms with Crippen LogP contribution in [-0.2, 0) is 11.3 Å². The third-order valence-corrected chi connectivity index (χ3v) is 7.18. The van der Waals surface area contributed by atoms with Crippen molar-refractivity contribution in [2.45, 2.75) is 42.3 Å². The zero-order chi connectivity index (χ0) is 17.5. The predicted octanol–water partition coefficient (Wildman–Crippen LogP) is 3.74. The number of hydrogen-bond donors (Lipinski definition) is 0. The van der Waals surface area contributed by atoms with Gasteiger partial charge < -0.3 is 14.5 Å². The van der Waals surface area contributed by atoms with Gasteiger partial charge >= 0.3 is 0 Å². The molecule has 0 spiro atoms. The molecule has 4 aliphatic heterocycles. The Bertz CT molecular complexity index is 807. The van der Waals surface area contributed by atoms with Gasteiger partial charge in [-0.25, -0.2) is 0 Å². The van der Waals surface area contributed by atoms with Crippen LogP contribution in [0.4, 0.5) is 11.4 Å². The van der Waals surface area contributed by atoms with Crippen molar-refractivity contribution >= 4 is 31.5 Å². The Balaban J connectivity index is 0.00000180. The second-order valence-electron chi connectivity index (χ2n) is 7.60. The molecule has 0 aliphatic carbocycles. The van der Waals surface area contributed by atoms with E-state index in [9.17, 15) is 0 Å². The number of benzene rings is 2. The van der Waals surface area contributed by atoms with Gasteiger partial charge in [-0.1, -0.05) is 30.0 Å². The van der Waals surface area contributed by atoms with E-state index in [0.717, 1.165) is 25.6 Å². The molecule has 142 valence electrons. The lowest BCUT2D eigenvalue weighted by Crippen LogP contribution is -2.51. The molecule has 4 aliphatic rings. The molecule has 3 nitrogen and oxygen atoms in total. The number of rotatable bonds is 4. The second-order valence-corrected chi connectivity index (χ2v) is 8.69. The van der Waals surface area contributed by atoms with Gasteiger partial charge in [0, 0.05) is 22.9 Å². The molecule has 2 aromatic carbocycles. The second kappa shape index (κ2) is 7.90. The van der Waals surface area contributed by atoms with Crippen LogP contribution in [0.2, 0.25) is 0 Å². The first-order valence-corrected chi connectivity index (χ1v) is 10.6. The predicted molar refractivity (Wildman–Crippen MR) is 117 cm³/mol. The largest absolute Gasteiger partial charge is 0.372 e. The summed E-state index contributed by atoms with van der Waals surface area (Å²) < 4.78 is 6.35. The van der Waals surface area contributed by atoms with Gasteiger partial charge in [0.05, 0.1) is 32.5 Å². The molecule has 1 unspecified atom stereocenters. The summed E-state index contributed by atoms with van der Waals surface area (Å²) in [5.74, 6) is 0.773. The number of para-hydroxylation sites is 1. The maximum Gasteiger partial charge on any atom is 0.0814 e. The lowest BCUT2D eigenvalue weighted by molar-refractivity contribution is -0.0766. The molecular formula is C22H29BN2OS. The molecule has 2 bridgehead atoms. The van der Waals surface area contributed by atoms with Crippen LogP contribution in [-0.4, -0.2) is 45.6 Å². The maximum atomic E-state index is 6.35. The van der Waals surface area contributed by atoms with Crippen LogP contribution in [0.25, 0.3) is 0 Å². The van der Waals surface area contributed by atoms with E-state index in [-0.39, 0.29) is 8.41 Å². The van der Waals surface area contributed by atoms with E-state index in [4.69, 9.17) is 4.74 Å². The summed E-state index contributed by atoms with van der Waals surface area (Å²) in [6.45, 7) is 7.61. The van der Waals surface area contributed by atoms with Gasteiger partial charge in [0.2, 0.25) is 0 Å². The monoisotopic (exact) mass is 380 g/mol. The SMILES string of the molecule is B.CCN1c2ccccc2Sc2cc(COC3CN4CCC3CC4)ccc21. The van der Waals surface area contributed by atoms with Gasteiger partial charge in [-0.2, -0.15) is 0 Å². The van der Waals surface area contributed by atoms with E-state index >= 15 is 0 Å². The summed E-state index contributed by atoms with van der Waals surface area (Å²) in [7, 11) is 0. The first-order chi connectivity index (χ1) is 12.8. The molecule has 4 heterocycles. The number of nitrogens with zero attached hydrogens (tertiary/aromatic N) is 2. The molecule has 5 heteroatoms. The molecule has 27 heavy (non-hydrogen) atoms. The lowest BCUT2D eigenvalue weighted by Gasteiger charge is -2.44. The maximum absolute atomic E-state index is 6.35. The normalized spacial score (nSPS) is 25.5. The molecule has 3 saturated heterocycles. The Morgan fingerprint density at radius 1 is 1.04 bits per heavy atom. The van der Waals surface area contributed by atoms with Crippen LogP contribution in [0.3, 0.4) is 0 Å². The quantitative estimate of drug-likeness (QED) is 0.751. The molecule has 0 amide bonds. The van der Waals surface area contributed by atoms with E-state index < -0.39 is 0 Å². The minimum Gasteiger partial charge on any atom is -0.372 e. The van der Waals surface area contributed by atoms with Crippen molar-refractivity contribution in [3.8, 4) is 0 Å². The van der Waals surface area contributed by atoms with Crippen LogP contribution >= 0.6 is 11.8 Å². The van der Waals surface area contributed by atoms with Crippen LogP contribution in [0.5, 0.6) is 0 Å². The smallest absolute Gasteiger partial charge is 0.0814 e. The first kappa shape index (κ1) is 18.9. The molecule has 0 N–H and O–H groups in total. The van der Waals surface area contributed by atoms with Crippen molar-refractivity contribution in [3.63, 3.8) is 0 Å². The average Bonchev–Trinajstić information content (AvgIpc) is 2.71. The van der Waals surface area contributed by atoms with Gasteiger partial charge in [-0.05, 0) is 68.6 Å². The zero-order valence-corrected chi connectivity index (χ0v) is 16.2. The van der Waals surface area contributed by atoms with E-state index in [0.29, 0.717) is 6.10 Å². The number of hydrogen-bond acceptors (Lipinski definition) is 4. The third kappa shape index (κ3) is 3.53. The van der Waals surface area contributed by atoms with E-state index in [2.05, 4.69) is 59.2 Å². The van der Waals surface area contributed by atoms with Crippen LogP contribution in [0.1, 0.15) is 25.3 Å². The van der Waals surface area contributed by atoms with Crippen molar-refractivity contribution < 1.29 is 4.74 Å². The van der Waals surface area contributed by atoms with Crippen LogP contribution in [0, 0.1) is 5.92 Å². The summed E-state index contributed by atoms with van der Waals surface area (Å²) in [6.07, 6.45) is 3.05. The van der Waals surface area contributed by atoms with E-state index in [1.54, 1.807) is 0 Å². The van der Waals surface area contributed by atoms with Crippen LogP contribution < -0.4 is 4.90 Å². The summed E-state index contributed by atoms with van der Waals surface area (Å²) in [5.41, 5.74) is 3.94. The minimum atomic E-state index is 0. The molecule has 0 saturated carbocycles. The third-order valence-electron chi connectivity index (χ3n) is 6.07. The number of fused-ring (bicyclic) bond motifs is 5. The Labute approximate surface area is 168 Å². The molecule has 0 aromatic heterocycles. The van der Waals surface area contributed by atoms with Crippen molar-refractivity contribution in [3.05, 3.63) is 48.0 Å². The van der Waals surface area contributed by atoms with Gasteiger partial charge in [0.25, 0.3) is 0 Å². The summed E-state index contributed by atoms with van der Waals surface area (Å²) in [4.78, 5) is 7.67. The zero-order valence-electron chi connectivity index (χ0n) is 15.4. The number of piperidine rings is 3. The number of anilines is 2. The fourth-order valence-electron chi connectivity index (χ4n) is 4.61. The standard InChI is InChI=1S/C22H26N2OS.BH3/c1-2-24-18-5-3-4-6-21(18)26-22-13-16(7-8-19(22)24)15-25-20-14-23-11-9-17(20)10-12-23;/h3-8,13,17,20H,2,9-12,14-15H2,1H3;1H3. The fourth-order valence-corrected chi connectivity index (χ4v) is 5.77. The van der Waals surface area contributed by atoms with Gasteiger partial charge in [-0.15, -0.1) is 0 Å². The van der Waals surface area contributed by atoms with Gasteiger partial charge in [0.15, 0.2) is 0 Å². The van der Waals surface area contributed by atoms with Crippen molar-refractivity contribution in [2.75, 3.05) is 31.1 Å². The molecular weight excluding hydrogens is 351 g/mol. The molecule has 3 fully saturated rings. The van der Waals surface area contributed by atoms with Crippen LogP contribution in [0.15, 0.2) is 52.3 Å². The van der Waals surface area contributed by atoms with Crippen molar-refractivity contribution in [2.24, 2.45) is 5.92 Å². The molecule has 2 aromatic rings. The lowest BCUT2D eigenvalue weighted by atomic mass is 9.86. The topological polar surface area (TPSA) is 15.7 Å². The Morgan fingerprint density at radius 3 is 2.56 bits per heavy atom. The molecule has 1 atom stereocenters. The highest BCUT2D eigenvalue weighted by Crippen LogP contribution is 2.48. The Kier molecular flexibility index (Phi) is 5.54. The van der Waals surface area contributed by atoms with E-state index in [1.807, 2.05) is 11.8 Å². The molecule has 0 radical (unpaired) electrons. The summed E-state index contributed by atoms with van der Waals surface area (Å²) in [6, 6.07) is 15.6. The summed E-state index contributed by atoms with van der Waals surface area (Å²) >= 11 is 1.88. The highest BCUT2D eigenvalue weighted by Gasteiger charge is 2.34. The highest BCUT2D eigenvalue weighted by atomic mass is 32.2. The fraction of sp³-hybridized carbons (Fsp3) is 0.455. The average molecular weight is 380 g/mol. The van der Waals surface area contributed by atoms with Crippen molar-refractivity contribution in [1.29, 1.82) is 0 Å². The molecule has 6 rings (SSSR count).